The molecule has 0 bridgehead atoms. The third-order valence-electron chi connectivity index (χ3n) is 19.8. The molecule has 1 heterocycles. The average Bonchev–Trinajstić information content (AvgIpc) is 0.814. The van der Waals surface area contributed by atoms with Crippen LogP contribution in [-0.2, 0) is 23.8 Å². The van der Waals surface area contributed by atoms with E-state index in [1.165, 1.54) is 308 Å². The van der Waals surface area contributed by atoms with Gasteiger partial charge in [-0.3, -0.25) is 9.59 Å². The van der Waals surface area contributed by atoms with E-state index in [4.69, 9.17) is 14.2 Å². The molecule has 1 aliphatic heterocycles. The molecule has 8 unspecified atom stereocenters. The Bertz CT molecular complexity index is 1670. The Hall–Kier alpha value is -2.12. The first-order valence-electron chi connectivity index (χ1n) is 41.3. The van der Waals surface area contributed by atoms with Crippen molar-refractivity contribution >= 4 is 11.9 Å². The summed E-state index contributed by atoms with van der Waals surface area (Å²) in [4.78, 5) is 26.8. The molecular weight excluding hydrogens is 1170 g/mol. The van der Waals surface area contributed by atoms with Gasteiger partial charge < -0.3 is 45.1 Å². The van der Waals surface area contributed by atoms with E-state index in [0.717, 1.165) is 64.2 Å². The predicted molar refractivity (Wildman–Crippen MR) is 398 cm³/mol. The fourth-order valence-corrected chi connectivity index (χ4v) is 13.3. The van der Waals surface area contributed by atoms with Gasteiger partial charge in [0.2, 0.25) is 5.91 Å². The standard InChI is InChI=1S/C83H157NO10/c1-4-7-10-13-16-19-22-25-27-29-31-33-35-37-39-41-43-45-47-49-51-53-56-59-62-65-68-71-78(88)94-81-80(90)79(89)77(72-85)93-83(81)92-73-74(75(86)69-66-63-60-57-54-24-21-18-15-12-9-6-3)84-82(91)76(87)70-67-64-61-58-55-52-50-48-46-44-42-40-38-36-34-32-30-28-26-23-20-17-14-11-8-5-2/h16,19,25,27,66,69,74-77,79-81,83,85-87,89-90H,4-15,17-18,20-24,26,28-65,67-68,70-73H2,1-3H3,(H,84,91)/b19-16-,27-25-,69-66+. The van der Waals surface area contributed by atoms with Crippen LogP contribution in [0.25, 0.3) is 0 Å². The van der Waals surface area contributed by atoms with Crippen molar-refractivity contribution in [2.75, 3.05) is 13.2 Å². The van der Waals surface area contributed by atoms with E-state index in [1.54, 1.807) is 6.08 Å². The average molecular weight is 1330 g/mol. The fourth-order valence-electron chi connectivity index (χ4n) is 13.3. The summed E-state index contributed by atoms with van der Waals surface area (Å²) >= 11 is 0. The Kier molecular flexibility index (Phi) is 67.6. The summed E-state index contributed by atoms with van der Waals surface area (Å²) in [5, 5.41) is 57.5. The molecule has 0 radical (unpaired) electrons. The van der Waals surface area contributed by atoms with Crippen LogP contribution in [0, 0.1) is 0 Å². The predicted octanol–water partition coefficient (Wildman–Crippen LogP) is 22.5. The second-order valence-electron chi connectivity index (χ2n) is 28.9. The van der Waals surface area contributed by atoms with Gasteiger partial charge in [-0.25, -0.2) is 0 Å². The SMILES string of the molecule is CCCCC/C=C\C/C=C\CCCCCCCCCCCCCCCCCCCC(=O)OC1C(OCC(NC(=O)C(O)CCCCCCCCCCCCCCCCCCCCCCCCCCCC)C(O)/C=C/CCCCCCCCCCCC)OC(CO)C(O)C1O. The second-order valence-corrected chi connectivity index (χ2v) is 28.9. The molecule has 1 fully saturated rings. The minimum absolute atomic E-state index is 0.128. The number of carbonyl (C=O) groups is 2. The zero-order chi connectivity index (χ0) is 68.1. The zero-order valence-corrected chi connectivity index (χ0v) is 62.1. The largest absolute Gasteiger partial charge is 0.454 e. The van der Waals surface area contributed by atoms with Crippen LogP contribution in [0.3, 0.4) is 0 Å². The number of amides is 1. The van der Waals surface area contributed by atoms with Crippen molar-refractivity contribution in [3.63, 3.8) is 0 Å². The van der Waals surface area contributed by atoms with Gasteiger partial charge in [-0.1, -0.05) is 391 Å². The lowest BCUT2D eigenvalue weighted by Crippen LogP contribution is -2.61. The molecule has 0 aromatic rings. The van der Waals surface area contributed by atoms with Gasteiger partial charge in [-0.05, 0) is 57.8 Å². The third-order valence-corrected chi connectivity index (χ3v) is 19.8. The van der Waals surface area contributed by atoms with E-state index in [9.17, 15) is 35.1 Å². The van der Waals surface area contributed by atoms with E-state index < -0.39 is 67.4 Å². The van der Waals surface area contributed by atoms with E-state index in [2.05, 4.69) is 50.4 Å². The normalized spacial score (nSPS) is 17.9. The van der Waals surface area contributed by atoms with Crippen LogP contribution >= 0.6 is 0 Å². The molecule has 11 nitrogen and oxygen atoms in total. The smallest absolute Gasteiger partial charge is 0.306 e. The quantitative estimate of drug-likeness (QED) is 0.0195. The highest BCUT2D eigenvalue weighted by Gasteiger charge is 2.47. The van der Waals surface area contributed by atoms with Gasteiger partial charge in [0, 0.05) is 6.42 Å². The van der Waals surface area contributed by atoms with Gasteiger partial charge in [0.25, 0.3) is 0 Å². The zero-order valence-electron chi connectivity index (χ0n) is 62.1. The number of carbonyl (C=O) groups excluding carboxylic acids is 2. The summed E-state index contributed by atoms with van der Waals surface area (Å²) in [7, 11) is 0. The molecule has 0 spiro atoms. The molecule has 0 aliphatic carbocycles. The van der Waals surface area contributed by atoms with Gasteiger partial charge in [0.05, 0.1) is 25.4 Å². The van der Waals surface area contributed by atoms with Crippen LogP contribution in [-0.4, -0.2) is 99.6 Å². The van der Waals surface area contributed by atoms with Crippen LogP contribution in [0.4, 0.5) is 0 Å². The molecule has 1 amide bonds. The fraction of sp³-hybridized carbons (Fsp3) is 0.904. The lowest BCUT2D eigenvalue weighted by molar-refractivity contribution is -0.305. The van der Waals surface area contributed by atoms with Gasteiger partial charge in [-0.2, -0.15) is 0 Å². The van der Waals surface area contributed by atoms with E-state index in [-0.39, 0.29) is 13.0 Å². The Morgan fingerprint density at radius 3 is 1.11 bits per heavy atom. The van der Waals surface area contributed by atoms with Crippen LogP contribution < -0.4 is 5.32 Å². The second kappa shape index (κ2) is 70.7. The number of hydrogen-bond acceptors (Lipinski definition) is 10. The molecule has 6 N–H and O–H groups in total. The molecular formula is C83H157NO10. The van der Waals surface area contributed by atoms with Crippen molar-refractivity contribution in [2.45, 2.75) is 468 Å². The number of unbranched alkanes of at least 4 members (excludes halogenated alkanes) is 55. The first kappa shape index (κ1) is 89.9. The lowest BCUT2D eigenvalue weighted by atomic mass is 9.99. The van der Waals surface area contributed by atoms with Crippen molar-refractivity contribution in [1.29, 1.82) is 0 Å². The Labute approximate surface area is 581 Å². The number of aliphatic hydroxyl groups is 5. The molecule has 1 aliphatic rings. The molecule has 94 heavy (non-hydrogen) atoms. The minimum atomic E-state index is -1.61. The van der Waals surface area contributed by atoms with Gasteiger partial charge in [0.15, 0.2) is 12.4 Å². The molecule has 1 rings (SSSR count). The molecule has 11 heteroatoms. The van der Waals surface area contributed by atoms with Crippen molar-refractivity contribution in [2.24, 2.45) is 0 Å². The Balaban J connectivity index is 2.45. The molecule has 0 aromatic heterocycles. The summed E-state index contributed by atoms with van der Waals surface area (Å²) in [5.41, 5.74) is 0. The highest BCUT2D eigenvalue weighted by atomic mass is 16.7. The molecule has 554 valence electrons. The first-order valence-corrected chi connectivity index (χ1v) is 41.3. The molecule has 8 atom stereocenters. The van der Waals surface area contributed by atoms with E-state index in [0.29, 0.717) is 19.3 Å². The maximum atomic E-state index is 13.5. The van der Waals surface area contributed by atoms with Gasteiger partial charge >= 0.3 is 5.97 Å². The van der Waals surface area contributed by atoms with Crippen molar-refractivity contribution in [3.8, 4) is 0 Å². The molecule has 0 aromatic carbocycles. The summed E-state index contributed by atoms with van der Waals surface area (Å²) in [6.45, 7) is 5.85. The highest BCUT2D eigenvalue weighted by Crippen LogP contribution is 2.27. The maximum Gasteiger partial charge on any atom is 0.306 e. The monoisotopic (exact) mass is 1330 g/mol. The van der Waals surface area contributed by atoms with Gasteiger partial charge in [0.1, 0.15) is 24.4 Å². The summed E-state index contributed by atoms with van der Waals surface area (Å²) in [6.07, 6.45) is 79.3. The maximum absolute atomic E-state index is 13.5. The Morgan fingerprint density at radius 1 is 0.415 bits per heavy atom. The first-order chi connectivity index (χ1) is 46.2. The minimum Gasteiger partial charge on any atom is -0.454 e. The number of allylic oxidation sites excluding steroid dienone is 5. The summed E-state index contributed by atoms with van der Waals surface area (Å²) < 4.78 is 17.8. The van der Waals surface area contributed by atoms with Crippen LogP contribution in [0.5, 0.6) is 0 Å². The molecule has 0 saturated carbocycles. The lowest BCUT2D eigenvalue weighted by Gasteiger charge is -2.41. The summed E-state index contributed by atoms with van der Waals surface area (Å²) in [6, 6.07) is -1.02. The van der Waals surface area contributed by atoms with Crippen molar-refractivity contribution in [1.82, 2.24) is 5.32 Å². The van der Waals surface area contributed by atoms with Crippen LogP contribution in [0.1, 0.15) is 419 Å². The number of nitrogens with one attached hydrogen (secondary N) is 1. The van der Waals surface area contributed by atoms with E-state index in [1.807, 2.05) is 6.08 Å². The topological polar surface area (TPSA) is 175 Å². The van der Waals surface area contributed by atoms with Crippen molar-refractivity contribution < 1.29 is 49.3 Å². The number of hydrogen-bond donors (Lipinski definition) is 6. The number of ether oxygens (including phenoxy) is 3. The van der Waals surface area contributed by atoms with Crippen LogP contribution in [0.2, 0.25) is 0 Å². The van der Waals surface area contributed by atoms with Crippen molar-refractivity contribution in [3.05, 3.63) is 36.5 Å². The van der Waals surface area contributed by atoms with E-state index >= 15 is 0 Å². The third kappa shape index (κ3) is 56.7. The summed E-state index contributed by atoms with van der Waals surface area (Å²) in [5.74, 6) is -1.17. The number of esters is 1. The number of aliphatic hydroxyl groups excluding tert-OH is 5. The van der Waals surface area contributed by atoms with Crippen LogP contribution in [0.15, 0.2) is 36.5 Å². The van der Waals surface area contributed by atoms with Gasteiger partial charge in [-0.15, -0.1) is 0 Å². The molecule has 1 saturated heterocycles. The Morgan fingerprint density at radius 2 is 0.734 bits per heavy atom. The highest BCUT2D eigenvalue weighted by molar-refractivity contribution is 5.80. The number of rotatable bonds is 73.